The van der Waals surface area contributed by atoms with Crippen LogP contribution in [0.15, 0.2) is 0 Å². The number of hydrogen-bond acceptors (Lipinski definition) is 8. The van der Waals surface area contributed by atoms with Gasteiger partial charge in [-0.25, -0.2) is 4.79 Å². The smallest absolute Gasteiger partial charge is 0.342 e. The molecular weight excluding hydrogens is 452 g/mol. The number of ether oxygens (including phenoxy) is 5. The van der Waals surface area contributed by atoms with E-state index in [0.717, 1.165) is 16.7 Å². The first-order valence-corrected chi connectivity index (χ1v) is 12.3. The molecule has 1 aliphatic carbocycles. The number of fused-ring (bicyclic) bond motifs is 5. The molecule has 1 aromatic rings. The molecular formula is C27H34O8. The van der Waals surface area contributed by atoms with E-state index in [1.807, 2.05) is 20.8 Å². The molecule has 3 aliphatic heterocycles. The average Bonchev–Trinajstić information content (AvgIpc) is 3.08. The zero-order valence-corrected chi connectivity index (χ0v) is 21.5. The Kier molecular flexibility index (Phi) is 5.21. The van der Waals surface area contributed by atoms with Crippen molar-refractivity contribution in [1.29, 1.82) is 0 Å². The molecule has 3 heterocycles. The van der Waals surface area contributed by atoms with Gasteiger partial charge >= 0.3 is 17.9 Å². The van der Waals surface area contributed by atoms with Crippen LogP contribution >= 0.6 is 0 Å². The number of hydrogen-bond donors (Lipinski definition) is 0. The Morgan fingerprint density at radius 1 is 1.09 bits per heavy atom. The fourth-order valence-electron chi connectivity index (χ4n) is 7.77. The molecule has 2 fully saturated rings. The van der Waals surface area contributed by atoms with E-state index in [4.69, 9.17) is 23.7 Å². The molecule has 8 nitrogen and oxygen atoms in total. The summed E-state index contributed by atoms with van der Waals surface area (Å²) in [6.45, 7) is 11.6. The molecule has 4 aliphatic rings. The Hall–Kier alpha value is -2.77. The molecule has 0 bridgehead atoms. The Morgan fingerprint density at radius 2 is 1.80 bits per heavy atom. The minimum absolute atomic E-state index is 0.0446. The lowest BCUT2D eigenvalue weighted by atomic mass is 9.48. The predicted molar refractivity (Wildman–Crippen MR) is 124 cm³/mol. The molecule has 0 aromatic heterocycles. The maximum absolute atomic E-state index is 12.6. The lowest BCUT2D eigenvalue weighted by Gasteiger charge is -2.61. The Bertz CT molecular complexity index is 1140. The van der Waals surface area contributed by atoms with Crippen molar-refractivity contribution in [2.45, 2.75) is 91.1 Å². The molecule has 1 saturated heterocycles. The van der Waals surface area contributed by atoms with E-state index in [0.29, 0.717) is 36.3 Å². The van der Waals surface area contributed by atoms with Crippen molar-refractivity contribution in [2.24, 2.45) is 17.3 Å². The van der Waals surface area contributed by atoms with E-state index in [2.05, 4.69) is 13.8 Å². The molecule has 5 atom stereocenters. The van der Waals surface area contributed by atoms with Gasteiger partial charge in [-0.3, -0.25) is 9.59 Å². The third kappa shape index (κ3) is 3.35. The molecule has 0 amide bonds. The third-order valence-electron chi connectivity index (χ3n) is 8.90. The van der Waals surface area contributed by atoms with Crippen molar-refractivity contribution in [1.82, 2.24) is 0 Å². The Balaban J connectivity index is 1.71. The highest BCUT2D eigenvalue weighted by Crippen LogP contribution is 2.63. The zero-order valence-electron chi connectivity index (χ0n) is 21.5. The number of carbonyl (C=O) groups excluding carboxylic acids is 3. The van der Waals surface area contributed by atoms with Gasteiger partial charge in [0.15, 0.2) is 0 Å². The molecule has 1 saturated carbocycles. The first-order chi connectivity index (χ1) is 16.3. The van der Waals surface area contributed by atoms with Crippen molar-refractivity contribution in [3.8, 4) is 11.5 Å². The molecule has 1 aromatic carbocycles. The average molecular weight is 487 g/mol. The second kappa shape index (κ2) is 7.61. The number of benzene rings is 1. The molecule has 35 heavy (non-hydrogen) atoms. The van der Waals surface area contributed by atoms with E-state index in [-0.39, 0.29) is 42.8 Å². The minimum Gasteiger partial charge on any atom is -0.495 e. The summed E-state index contributed by atoms with van der Waals surface area (Å²) < 4.78 is 29.8. The van der Waals surface area contributed by atoms with Gasteiger partial charge < -0.3 is 23.7 Å². The summed E-state index contributed by atoms with van der Waals surface area (Å²) in [6, 6.07) is 0. The Morgan fingerprint density at radius 3 is 2.46 bits per heavy atom. The quantitative estimate of drug-likeness (QED) is 0.456. The van der Waals surface area contributed by atoms with Crippen LogP contribution in [0, 0.1) is 24.2 Å². The summed E-state index contributed by atoms with van der Waals surface area (Å²) in [7, 11) is 1.56. The fourth-order valence-corrected chi connectivity index (χ4v) is 7.77. The minimum atomic E-state index is -0.841. The second-order valence-corrected chi connectivity index (χ2v) is 11.5. The summed E-state index contributed by atoms with van der Waals surface area (Å²) in [6.07, 6.45) is 1.43. The van der Waals surface area contributed by atoms with E-state index < -0.39 is 22.7 Å². The van der Waals surface area contributed by atoms with Crippen LogP contribution in [-0.2, 0) is 36.8 Å². The lowest BCUT2D eigenvalue weighted by Crippen LogP contribution is -2.66. The number of rotatable bonds is 2. The zero-order chi connectivity index (χ0) is 25.5. The van der Waals surface area contributed by atoms with Gasteiger partial charge in [0, 0.05) is 42.7 Å². The number of carbonyl (C=O) groups is 3. The van der Waals surface area contributed by atoms with E-state index >= 15 is 0 Å². The van der Waals surface area contributed by atoms with Crippen LogP contribution in [0.2, 0.25) is 0 Å². The van der Waals surface area contributed by atoms with Crippen molar-refractivity contribution in [3.05, 3.63) is 22.3 Å². The van der Waals surface area contributed by atoms with E-state index in [9.17, 15) is 14.4 Å². The lowest BCUT2D eigenvalue weighted by molar-refractivity contribution is -0.221. The Labute approximate surface area is 205 Å². The first-order valence-electron chi connectivity index (χ1n) is 12.3. The summed E-state index contributed by atoms with van der Waals surface area (Å²) in [4.78, 5) is 37.4. The monoisotopic (exact) mass is 486 g/mol. The summed E-state index contributed by atoms with van der Waals surface area (Å²) in [5, 5.41) is 0. The number of methoxy groups -OCH3 is 1. The van der Waals surface area contributed by atoms with E-state index in [1.54, 1.807) is 7.11 Å². The second-order valence-electron chi connectivity index (χ2n) is 11.5. The number of cyclic esters (lactones) is 2. The van der Waals surface area contributed by atoms with Gasteiger partial charge in [0.2, 0.25) is 0 Å². The first kappa shape index (κ1) is 23.9. The summed E-state index contributed by atoms with van der Waals surface area (Å²) in [5.74, 6) is -0.0623. The topological polar surface area (TPSA) is 97.4 Å². The molecule has 5 rings (SSSR count). The molecule has 190 valence electrons. The van der Waals surface area contributed by atoms with Gasteiger partial charge in [-0.1, -0.05) is 6.92 Å². The fraction of sp³-hybridized carbons (Fsp3) is 0.667. The van der Waals surface area contributed by atoms with E-state index in [1.165, 1.54) is 6.92 Å². The molecule has 0 spiro atoms. The SMILES string of the molecule is COc1c2c(c(C)c3c1C(=O)OC3)O[C@]1(C)C[C@@H](OC(C)=O)[C@@H]3C(C)(C)OC(=O)CC[C@@]3(C)[C@H]1C2. The maximum Gasteiger partial charge on any atom is 0.342 e. The highest BCUT2D eigenvalue weighted by atomic mass is 16.6. The largest absolute Gasteiger partial charge is 0.495 e. The third-order valence-corrected chi connectivity index (χ3v) is 8.90. The highest BCUT2D eigenvalue weighted by Gasteiger charge is 2.66. The van der Waals surface area contributed by atoms with Gasteiger partial charge in [0.25, 0.3) is 0 Å². The summed E-state index contributed by atoms with van der Waals surface area (Å²) >= 11 is 0. The van der Waals surface area contributed by atoms with Crippen molar-refractivity contribution in [2.75, 3.05) is 7.11 Å². The molecule has 0 N–H and O–H groups in total. The predicted octanol–water partition coefficient (Wildman–Crippen LogP) is 4.06. The molecule has 0 radical (unpaired) electrons. The standard InChI is InChI=1S/C27H34O8/c1-13-16-12-32-24(30)20(16)22(31-7)15-10-18-26(5)9-8-19(29)34-25(3,4)23(26)17(33-14(2)28)11-27(18,6)35-21(13)15/h17-18,23H,8-12H2,1-7H3/t17-,18-,23-,26+,27-/m1/s1. The van der Waals surface area contributed by atoms with Crippen LogP contribution in [0.5, 0.6) is 11.5 Å². The van der Waals surface area contributed by atoms with Crippen molar-refractivity contribution in [3.63, 3.8) is 0 Å². The van der Waals surface area contributed by atoms with Gasteiger partial charge in [-0.15, -0.1) is 0 Å². The van der Waals surface area contributed by atoms with Gasteiger partial charge in [-0.2, -0.15) is 0 Å². The maximum atomic E-state index is 12.6. The van der Waals surface area contributed by atoms with Crippen LogP contribution in [0.3, 0.4) is 0 Å². The molecule has 8 heteroatoms. The van der Waals surface area contributed by atoms with Crippen molar-refractivity contribution >= 4 is 17.9 Å². The normalized spacial score (nSPS) is 34.7. The van der Waals surface area contributed by atoms with Crippen LogP contribution in [0.1, 0.15) is 80.9 Å². The van der Waals surface area contributed by atoms with Crippen LogP contribution in [0.4, 0.5) is 0 Å². The van der Waals surface area contributed by atoms with Crippen molar-refractivity contribution < 1.29 is 38.1 Å². The summed E-state index contributed by atoms with van der Waals surface area (Å²) in [5.41, 5.74) is 1.02. The van der Waals surface area contributed by atoms with Crippen LogP contribution in [-0.4, -0.2) is 42.3 Å². The highest BCUT2D eigenvalue weighted by molar-refractivity contribution is 5.98. The molecule has 0 unspecified atom stereocenters. The van der Waals surface area contributed by atoms with Gasteiger partial charge in [0.05, 0.1) is 7.11 Å². The van der Waals surface area contributed by atoms with Gasteiger partial charge in [0.1, 0.15) is 41.0 Å². The number of esters is 3. The van der Waals surface area contributed by atoms with Crippen LogP contribution in [0.25, 0.3) is 0 Å². The van der Waals surface area contributed by atoms with Crippen LogP contribution < -0.4 is 9.47 Å². The van der Waals surface area contributed by atoms with Gasteiger partial charge in [-0.05, 0) is 51.5 Å².